The lowest BCUT2D eigenvalue weighted by atomic mass is 10.0. The van der Waals surface area contributed by atoms with Gasteiger partial charge in [0.2, 0.25) is 0 Å². The van der Waals surface area contributed by atoms with Crippen LogP contribution in [-0.4, -0.2) is 38.7 Å². The van der Waals surface area contributed by atoms with Crippen molar-refractivity contribution in [3.63, 3.8) is 0 Å². The second-order valence-corrected chi connectivity index (χ2v) is 12.3. The van der Waals surface area contributed by atoms with Gasteiger partial charge in [-0.25, -0.2) is 0 Å². The highest BCUT2D eigenvalue weighted by Crippen LogP contribution is 2.18. The topological polar surface area (TPSA) is 40.0 Å². The second kappa shape index (κ2) is 34.6. The Labute approximate surface area is 252 Å². The van der Waals surface area contributed by atoms with E-state index in [9.17, 15) is 0 Å². The Hall–Kier alpha value is -0.610. The molecule has 0 aromatic rings. The summed E-state index contributed by atoms with van der Waals surface area (Å²) in [5, 5.41) is 4.50. The molecule has 0 amide bonds. The molecule has 0 aliphatic heterocycles. The zero-order valence-electron chi connectivity index (χ0n) is 28.0. The summed E-state index contributed by atoms with van der Waals surface area (Å²) in [6.07, 6.45) is 36.9. The van der Waals surface area contributed by atoms with Crippen molar-refractivity contribution >= 4 is 5.71 Å². The minimum absolute atomic E-state index is 0.274. The molecule has 0 unspecified atom stereocenters. The van der Waals surface area contributed by atoms with Crippen molar-refractivity contribution in [3.8, 4) is 0 Å². The van der Waals surface area contributed by atoms with Crippen molar-refractivity contribution in [2.75, 3.05) is 26.9 Å². The van der Waals surface area contributed by atoms with Crippen LogP contribution in [0.3, 0.4) is 0 Å². The van der Waals surface area contributed by atoms with Gasteiger partial charge in [0, 0.05) is 13.5 Å². The van der Waals surface area contributed by atoms with Gasteiger partial charge in [-0.15, -0.1) is 0 Å². The van der Waals surface area contributed by atoms with Crippen LogP contribution in [0.2, 0.25) is 0 Å². The summed E-state index contributed by atoms with van der Waals surface area (Å²) in [6.45, 7) is 8.63. The molecule has 0 N–H and O–H groups in total. The molecule has 0 spiro atoms. The molecule has 0 saturated heterocycles. The first-order valence-corrected chi connectivity index (χ1v) is 18.0. The Morgan fingerprint density at radius 2 is 0.875 bits per heavy atom. The van der Waals surface area contributed by atoms with Gasteiger partial charge in [-0.3, -0.25) is 0 Å². The maximum Gasteiger partial charge on any atom is 0.127 e. The van der Waals surface area contributed by atoms with Gasteiger partial charge in [-0.05, 0) is 32.6 Å². The first-order chi connectivity index (χ1) is 19.7. The van der Waals surface area contributed by atoms with E-state index in [0.717, 1.165) is 25.0 Å². The lowest BCUT2D eigenvalue weighted by Gasteiger charge is -2.16. The Balaban J connectivity index is 4.05. The van der Waals surface area contributed by atoms with Gasteiger partial charge >= 0.3 is 0 Å². The van der Waals surface area contributed by atoms with Gasteiger partial charge in [-0.2, -0.15) is 0 Å². The summed E-state index contributed by atoms with van der Waals surface area (Å²) in [6, 6.07) is 0. The lowest BCUT2D eigenvalue weighted by Crippen LogP contribution is -2.12. The zero-order valence-corrected chi connectivity index (χ0v) is 28.0. The number of nitrogens with zero attached hydrogens (tertiary/aromatic N) is 1. The lowest BCUT2D eigenvalue weighted by molar-refractivity contribution is 0.0413. The SMILES string of the molecule is CCCCCCCCCCCCCCC(CCCCCCCCCCCCCC)O/N=C(/C)CCOCCOC. The standard InChI is InChI=1S/C36H73NO3/c1-5-7-9-11-13-15-17-19-21-23-25-27-29-36(40-37-35(3)31-32-39-34-33-38-4)30-28-26-24-22-20-18-16-14-12-10-8-6-2/h36H,5-34H2,1-4H3/b37-35-. The minimum Gasteiger partial charge on any atom is -0.393 e. The molecule has 0 bridgehead atoms. The monoisotopic (exact) mass is 568 g/mol. The smallest absolute Gasteiger partial charge is 0.127 e. The Morgan fingerprint density at radius 3 is 1.25 bits per heavy atom. The van der Waals surface area contributed by atoms with E-state index in [-0.39, 0.29) is 6.10 Å². The predicted octanol–water partition coefficient (Wildman–Crippen LogP) is 12.0. The van der Waals surface area contributed by atoms with Crippen molar-refractivity contribution in [1.29, 1.82) is 0 Å². The Kier molecular flexibility index (Phi) is 34.1. The molecule has 0 atom stereocenters. The van der Waals surface area contributed by atoms with Crippen LogP contribution in [0.4, 0.5) is 0 Å². The van der Waals surface area contributed by atoms with Gasteiger partial charge in [0.1, 0.15) is 6.10 Å². The molecule has 4 nitrogen and oxygen atoms in total. The van der Waals surface area contributed by atoms with E-state index in [0.29, 0.717) is 19.8 Å². The van der Waals surface area contributed by atoms with E-state index in [1.807, 2.05) is 0 Å². The normalized spacial score (nSPS) is 12.1. The highest BCUT2D eigenvalue weighted by atomic mass is 16.6. The van der Waals surface area contributed by atoms with Crippen LogP contribution in [0.5, 0.6) is 0 Å². The minimum atomic E-state index is 0.274. The van der Waals surface area contributed by atoms with Crippen molar-refractivity contribution in [2.24, 2.45) is 5.16 Å². The Morgan fingerprint density at radius 1 is 0.500 bits per heavy atom. The third-order valence-electron chi connectivity index (χ3n) is 8.16. The molecule has 0 rings (SSSR count). The van der Waals surface area contributed by atoms with Gasteiger partial charge in [0.25, 0.3) is 0 Å². The van der Waals surface area contributed by atoms with E-state index >= 15 is 0 Å². The van der Waals surface area contributed by atoms with E-state index in [1.165, 1.54) is 154 Å². The van der Waals surface area contributed by atoms with E-state index in [2.05, 4.69) is 25.9 Å². The van der Waals surface area contributed by atoms with E-state index in [4.69, 9.17) is 14.3 Å². The average Bonchev–Trinajstić information content (AvgIpc) is 2.96. The molecule has 0 saturated carbocycles. The highest BCUT2D eigenvalue weighted by Gasteiger charge is 2.10. The van der Waals surface area contributed by atoms with Crippen LogP contribution in [0, 0.1) is 0 Å². The number of rotatable bonds is 34. The highest BCUT2D eigenvalue weighted by molar-refractivity contribution is 5.81. The molecular weight excluding hydrogens is 494 g/mol. The number of methoxy groups -OCH3 is 1. The maximum atomic E-state index is 6.09. The first-order valence-electron chi connectivity index (χ1n) is 18.0. The quantitative estimate of drug-likeness (QED) is 0.0441. The second-order valence-electron chi connectivity index (χ2n) is 12.3. The fourth-order valence-corrected chi connectivity index (χ4v) is 5.35. The predicted molar refractivity (Wildman–Crippen MR) is 177 cm³/mol. The molecule has 40 heavy (non-hydrogen) atoms. The molecule has 0 heterocycles. The summed E-state index contributed by atoms with van der Waals surface area (Å²) in [4.78, 5) is 6.09. The summed E-state index contributed by atoms with van der Waals surface area (Å²) >= 11 is 0. The largest absolute Gasteiger partial charge is 0.393 e. The number of hydrogen-bond donors (Lipinski definition) is 0. The molecule has 0 aliphatic carbocycles. The molecule has 0 fully saturated rings. The van der Waals surface area contributed by atoms with Crippen LogP contribution >= 0.6 is 0 Å². The molecule has 0 aromatic carbocycles. The zero-order chi connectivity index (χ0) is 29.2. The average molecular weight is 568 g/mol. The number of oxime groups is 1. The van der Waals surface area contributed by atoms with Crippen LogP contribution < -0.4 is 0 Å². The molecular formula is C36H73NO3. The van der Waals surface area contributed by atoms with Gasteiger partial charge in [0.15, 0.2) is 0 Å². The number of ether oxygens (including phenoxy) is 2. The summed E-state index contributed by atoms with van der Waals surface area (Å²) < 4.78 is 10.6. The van der Waals surface area contributed by atoms with E-state index < -0.39 is 0 Å². The summed E-state index contributed by atoms with van der Waals surface area (Å²) in [7, 11) is 1.71. The van der Waals surface area contributed by atoms with Crippen LogP contribution in [-0.2, 0) is 14.3 Å². The van der Waals surface area contributed by atoms with E-state index in [1.54, 1.807) is 7.11 Å². The molecule has 0 radical (unpaired) electrons. The van der Waals surface area contributed by atoms with Crippen molar-refractivity contribution in [2.45, 2.75) is 200 Å². The summed E-state index contributed by atoms with van der Waals surface area (Å²) in [5.74, 6) is 0. The van der Waals surface area contributed by atoms with Gasteiger partial charge < -0.3 is 14.3 Å². The van der Waals surface area contributed by atoms with Gasteiger partial charge in [-0.1, -0.05) is 160 Å². The molecule has 0 aromatic heterocycles. The molecule has 240 valence electrons. The molecule has 4 heteroatoms. The fourth-order valence-electron chi connectivity index (χ4n) is 5.35. The maximum absolute atomic E-state index is 6.09. The van der Waals surface area contributed by atoms with Crippen molar-refractivity contribution < 1.29 is 14.3 Å². The Bertz CT molecular complexity index is 468. The van der Waals surface area contributed by atoms with Crippen LogP contribution in [0.15, 0.2) is 5.16 Å². The number of hydrogen-bond acceptors (Lipinski definition) is 4. The van der Waals surface area contributed by atoms with Crippen molar-refractivity contribution in [3.05, 3.63) is 0 Å². The van der Waals surface area contributed by atoms with Crippen LogP contribution in [0.1, 0.15) is 194 Å². The third kappa shape index (κ3) is 31.9. The third-order valence-corrected chi connectivity index (χ3v) is 8.16. The van der Waals surface area contributed by atoms with Gasteiger partial charge in [0.05, 0.1) is 25.5 Å². The van der Waals surface area contributed by atoms with Crippen LogP contribution in [0.25, 0.3) is 0 Å². The van der Waals surface area contributed by atoms with Crippen molar-refractivity contribution in [1.82, 2.24) is 0 Å². The number of unbranched alkanes of at least 4 members (excludes halogenated alkanes) is 22. The summed E-state index contributed by atoms with van der Waals surface area (Å²) in [5.41, 5.74) is 1.03. The molecule has 0 aliphatic rings. The first kappa shape index (κ1) is 39.4. The fraction of sp³-hybridized carbons (Fsp3) is 0.972.